The molecule has 7 heteroatoms. The van der Waals surface area contributed by atoms with E-state index in [-0.39, 0.29) is 11.9 Å². The molecule has 1 amide bonds. The molecule has 0 saturated carbocycles. The molecule has 5 rings (SSSR count). The monoisotopic (exact) mass is 460 g/mol. The molecule has 3 heterocycles. The number of aromatic nitrogens is 2. The van der Waals surface area contributed by atoms with Gasteiger partial charge in [-0.25, -0.2) is 0 Å². The number of fused-ring (bicyclic) bond motifs is 1. The number of ether oxygens (including phenoxy) is 1. The van der Waals surface area contributed by atoms with Crippen LogP contribution in [0.5, 0.6) is 5.75 Å². The van der Waals surface area contributed by atoms with E-state index < -0.39 is 0 Å². The van der Waals surface area contributed by atoms with Gasteiger partial charge in [0.25, 0.3) is 5.91 Å². The number of hydrogen-bond acceptors (Lipinski definition) is 5. The fourth-order valence-electron chi connectivity index (χ4n) is 4.55. The fraction of sp³-hybridized carbons (Fsp3) is 0.308. The molecular formula is C26H28N4O2S. The molecule has 1 unspecified atom stereocenters. The number of thiophene rings is 1. The second-order valence-electron chi connectivity index (χ2n) is 8.66. The number of aryl methyl sites for hydroxylation is 2. The van der Waals surface area contributed by atoms with Crippen LogP contribution < -0.4 is 9.64 Å². The minimum atomic E-state index is 0.100. The average Bonchev–Trinajstić information content (AvgIpc) is 3.40. The van der Waals surface area contributed by atoms with E-state index in [0.29, 0.717) is 13.1 Å². The number of hydrogen-bond donors (Lipinski definition) is 0. The fourth-order valence-corrected chi connectivity index (χ4v) is 5.59. The van der Waals surface area contributed by atoms with Gasteiger partial charge < -0.3 is 14.5 Å². The van der Waals surface area contributed by atoms with Crippen molar-refractivity contribution >= 4 is 33.1 Å². The number of nitrogens with zero attached hydrogens (tertiary/aromatic N) is 4. The number of rotatable bonds is 4. The molecule has 2 aromatic carbocycles. The van der Waals surface area contributed by atoms with Gasteiger partial charge in [-0.15, -0.1) is 11.3 Å². The van der Waals surface area contributed by atoms with Crippen molar-refractivity contribution in [2.45, 2.75) is 19.9 Å². The molecule has 170 valence electrons. The first-order valence-electron chi connectivity index (χ1n) is 11.2. The summed E-state index contributed by atoms with van der Waals surface area (Å²) in [6, 6.07) is 18.8. The van der Waals surface area contributed by atoms with Gasteiger partial charge >= 0.3 is 0 Å². The van der Waals surface area contributed by atoms with Gasteiger partial charge in [-0.1, -0.05) is 29.8 Å². The minimum absolute atomic E-state index is 0.100. The summed E-state index contributed by atoms with van der Waals surface area (Å²) in [4.78, 5) is 19.6. The summed E-state index contributed by atoms with van der Waals surface area (Å²) in [5, 5.41) is 5.72. The summed E-state index contributed by atoms with van der Waals surface area (Å²) >= 11 is 1.52. The summed E-state index contributed by atoms with van der Waals surface area (Å²) in [7, 11) is 3.59. The van der Waals surface area contributed by atoms with E-state index in [1.165, 1.54) is 22.6 Å². The Kier molecular flexibility index (Phi) is 5.58. The lowest BCUT2D eigenvalue weighted by Crippen LogP contribution is -2.53. The average molecular weight is 461 g/mol. The summed E-state index contributed by atoms with van der Waals surface area (Å²) in [6.45, 7) is 6.55. The first-order valence-corrected chi connectivity index (χ1v) is 12.0. The molecule has 0 N–H and O–H groups in total. The molecule has 1 saturated heterocycles. The van der Waals surface area contributed by atoms with Crippen LogP contribution in [0.15, 0.2) is 54.6 Å². The number of piperazine rings is 1. The lowest BCUT2D eigenvalue weighted by Gasteiger charge is -2.41. The van der Waals surface area contributed by atoms with E-state index in [0.717, 1.165) is 38.6 Å². The van der Waals surface area contributed by atoms with Gasteiger partial charge in [0.15, 0.2) is 0 Å². The molecule has 33 heavy (non-hydrogen) atoms. The van der Waals surface area contributed by atoms with Crippen LogP contribution in [-0.2, 0) is 7.05 Å². The first-order chi connectivity index (χ1) is 15.9. The van der Waals surface area contributed by atoms with Crippen molar-refractivity contribution < 1.29 is 9.53 Å². The highest BCUT2D eigenvalue weighted by Gasteiger charge is 2.29. The molecule has 1 fully saturated rings. The molecule has 4 aromatic rings. The van der Waals surface area contributed by atoms with Crippen molar-refractivity contribution in [1.29, 1.82) is 0 Å². The molecule has 2 aromatic heterocycles. The predicted octanol–water partition coefficient (Wildman–Crippen LogP) is 4.97. The zero-order valence-electron chi connectivity index (χ0n) is 19.4. The van der Waals surface area contributed by atoms with Crippen LogP contribution in [0.25, 0.3) is 21.5 Å². The molecule has 0 spiro atoms. The lowest BCUT2D eigenvalue weighted by molar-refractivity contribution is 0.0731. The van der Waals surface area contributed by atoms with Crippen molar-refractivity contribution in [3.63, 3.8) is 0 Å². The Labute approximate surface area is 198 Å². The highest BCUT2D eigenvalue weighted by molar-refractivity contribution is 7.20. The summed E-state index contributed by atoms with van der Waals surface area (Å²) in [5.41, 5.74) is 4.33. The topological polar surface area (TPSA) is 50.6 Å². The summed E-state index contributed by atoms with van der Waals surface area (Å²) in [5.74, 6) is 0.890. The molecule has 0 radical (unpaired) electrons. The van der Waals surface area contributed by atoms with E-state index in [9.17, 15) is 4.79 Å². The number of carbonyl (C=O) groups excluding carboxylic acids is 1. The van der Waals surface area contributed by atoms with Crippen LogP contribution in [0.2, 0.25) is 0 Å². The quantitative estimate of drug-likeness (QED) is 0.432. The van der Waals surface area contributed by atoms with Crippen LogP contribution in [0.3, 0.4) is 0 Å². The minimum Gasteiger partial charge on any atom is -0.497 e. The van der Waals surface area contributed by atoms with Crippen LogP contribution in [0, 0.1) is 6.92 Å². The van der Waals surface area contributed by atoms with Crippen molar-refractivity contribution in [3.8, 4) is 17.0 Å². The van der Waals surface area contributed by atoms with E-state index in [1.807, 2.05) is 47.0 Å². The zero-order chi connectivity index (χ0) is 23.1. The highest BCUT2D eigenvalue weighted by Crippen LogP contribution is 2.35. The van der Waals surface area contributed by atoms with Gasteiger partial charge in [0.2, 0.25) is 0 Å². The highest BCUT2D eigenvalue weighted by atomic mass is 32.1. The largest absolute Gasteiger partial charge is 0.497 e. The maximum atomic E-state index is 13.4. The molecule has 1 aliphatic rings. The van der Waals surface area contributed by atoms with E-state index in [4.69, 9.17) is 9.84 Å². The first kappa shape index (κ1) is 21.5. The molecule has 1 atom stereocenters. The smallest absolute Gasteiger partial charge is 0.264 e. The second kappa shape index (κ2) is 8.56. The van der Waals surface area contributed by atoms with Crippen LogP contribution >= 0.6 is 11.3 Å². The third-order valence-corrected chi connectivity index (χ3v) is 7.54. The number of benzene rings is 2. The Bertz CT molecular complexity index is 1310. The van der Waals surface area contributed by atoms with E-state index in [1.54, 1.807) is 7.11 Å². The van der Waals surface area contributed by atoms with Gasteiger partial charge in [-0.2, -0.15) is 5.10 Å². The standard InChI is InChI=1S/C26H28N4O2S/c1-17-8-10-20(11-9-17)30-13-12-29(16-18(30)2)25(31)23-15-22-24(27-28(3)26(22)33-23)19-6-5-7-21(14-19)32-4/h5-11,14-15,18H,12-13,16H2,1-4H3. The lowest BCUT2D eigenvalue weighted by atomic mass is 10.1. The van der Waals surface area contributed by atoms with Crippen molar-refractivity contribution in [1.82, 2.24) is 14.7 Å². The second-order valence-corrected chi connectivity index (χ2v) is 9.69. The van der Waals surface area contributed by atoms with E-state index >= 15 is 0 Å². The SMILES string of the molecule is COc1cccc(-c2nn(C)c3sc(C(=O)N4CCN(c5ccc(C)cc5)C(C)C4)cc23)c1. The summed E-state index contributed by atoms with van der Waals surface area (Å²) < 4.78 is 7.24. The van der Waals surface area contributed by atoms with Crippen LogP contribution in [0.1, 0.15) is 22.2 Å². The van der Waals surface area contributed by atoms with E-state index in [2.05, 4.69) is 43.0 Å². The Morgan fingerprint density at radius 1 is 1.12 bits per heavy atom. The predicted molar refractivity (Wildman–Crippen MR) is 134 cm³/mol. The third kappa shape index (κ3) is 3.97. The number of methoxy groups -OCH3 is 1. The van der Waals surface area contributed by atoms with Crippen LogP contribution in [0.4, 0.5) is 5.69 Å². The maximum absolute atomic E-state index is 13.4. The Morgan fingerprint density at radius 2 is 1.91 bits per heavy atom. The Hall–Kier alpha value is -3.32. The van der Waals surface area contributed by atoms with Gasteiger partial charge in [0.1, 0.15) is 16.3 Å². The molecule has 0 bridgehead atoms. The normalized spacial score (nSPS) is 16.4. The van der Waals surface area contributed by atoms with Gasteiger partial charge in [0.05, 0.1) is 12.0 Å². The Balaban J connectivity index is 1.38. The van der Waals surface area contributed by atoms with Gasteiger partial charge in [0, 0.05) is 49.4 Å². The molecule has 0 aliphatic carbocycles. The molecule has 6 nitrogen and oxygen atoms in total. The number of anilines is 1. The molecular weight excluding hydrogens is 432 g/mol. The van der Waals surface area contributed by atoms with Gasteiger partial charge in [-0.05, 0) is 44.2 Å². The summed E-state index contributed by atoms with van der Waals surface area (Å²) in [6.07, 6.45) is 0. The third-order valence-electron chi connectivity index (χ3n) is 6.35. The van der Waals surface area contributed by atoms with Crippen molar-refractivity contribution in [3.05, 3.63) is 65.0 Å². The Morgan fingerprint density at radius 3 is 2.64 bits per heavy atom. The number of amides is 1. The van der Waals surface area contributed by atoms with Gasteiger partial charge in [-0.3, -0.25) is 9.48 Å². The zero-order valence-corrected chi connectivity index (χ0v) is 20.2. The van der Waals surface area contributed by atoms with Crippen molar-refractivity contribution in [2.24, 2.45) is 7.05 Å². The molecule has 1 aliphatic heterocycles. The van der Waals surface area contributed by atoms with Crippen molar-refractivity contribution in [2.75, 3.05) is 31.6 Å². The number of carbonyl (C=O) groups is 1. The van der Waals surface area contributed by atoms with Crippen LogP contribution in [-0.4, -0.2) is 53.4 Å². The maximum Gasteiger partial charge on any atom is 0.264 e.